The Kier molecular flexibility index (Phi) is 6.73. The van der Waals surface area contributed by atoms with E-state index in [1.807, 2.05) is 24.3 Å². The van der Waals surface area contributed by atoms with Crippen LogP contribution in [-0.4, -0.2) is 46.3 Å². The summed E-state index contributed by atoms with van der Waals surface area (Å²) < 4.78 is 6.93. The first-order valence-corrected chi connectivity index (χ1v) is 10.2. The van der Waals surface area contributed by atoms with E-state index in [1.54, 1.807) is 22.7 Å². The van der Waals surface area contributed by atoms with E-state index in [1.165, 1.54) is 0 Å². The van der Waals surface area contributed by atoms with Crippen LogP contribution in [0.4, 0.5) is 0 Å². The zero-order valence-electron chi connectivity index (χ0n) is 16.4. The summed E-state index contributed by atoms with van der Waals surface area (Å²) in [6.45, 7) is 5.26. The first kappa shape index (κ1) is 20.4. The van der Waals surface area contributed by atoms with E-state index >= 15 is 0 Å². The molecule has 1 saturated heterocycles. The summed E-state index contributed by atoms with van der Waals surface area (Å²) in [4.78, 5) is 27.1. The van der Waals surface area contributed by atoms with E-state index in [0.29, 0.717) is 30.3 Å². The van der Waals surface area contributed by atoms with Crippen molar-refractivity contribution in [1.29, 1.82) is 0 Å². The molecule has 2 heterocycles. The minimum Gasteiger partial charge on any atom is -0.466 e. The second-order valence-electron chi connectivity index (χ2n) is 6.99. The molecule has 0 N–H and O–H groups in total. The lowest BCUT2D eigenvalue weighted by atomic mass is 9.97. The Hall–Kier alpha value is -2.34. The van der Waals surface area contributed by atoms with Crippen molar-refractivity contribution < 1.29 is 14.3 Å². The molecule has 1 aromatic carbocycles. The molecule has 2 aromatic rings. The van der Waals surface area contributed by atoms with Gasteiger partial charge in [-0.05, 0) is 44.4 Å². The van der Waals surface area contributed by atoms with Gasteiger partial charge in [0.15, 0.2) is 0 Å². The molecule has 1 aliphatic rings. The normalized spacial score (nSPS) is 16.8. The van der Waals surface area contributed by atoms with Crippen molar-refractivity contribution in [3.63, 3.8) is 0 Å². The summed E-state index contributed by atoms with van der Waals surface area (Å²) in [7, 11) is 0. The fraction of sp³-hybridized carbons (Fsp3) is 0.476. The van der Waals surface area contributed by atoms with Crippen molar-refractivity contribution >= 4 is 23.5 Å². The highest BCUT2D eigenvalue weighted by Crippen LogP contribution is 2.24. The van der Waals surface area contributed by atoms with Crippen molar-refractivity contribution in [2.45, 2.75) is 39.5 Å². The Morgan fingerprint density at radius 2 is 2.14 bits per heavy atom. The highest BCUT2D eigenvalue weighted by atomic mass is 35.5. The van der Waals surface area contributed by atoms with Crippen LogP contribution in [0.1, 0.15) is 49.2 Å². The lowest BCUT2D eigenvalue weighted by Crippen LogP contribution is -2.43. The second-order valence-corrected chi connectivity index (χ2v) is 7.43. The van der Waals surface area contributed by atoms with Crippen molar-refractivity contribution in [3.8, 4) is 5.69 Å². The average Bonchev–Trinajstić information content (AvgIpc) is 3.11. The third-order valence-corrected chi connectivity index (χ3v) is 5.20. The fourth-order valence-electron chi connectivity index (χ4n) is 3.64. The van der Waals surface area contributed by atoms with Gasteiger partial charge in [-0.25, -0.2) is 4.68 Å². The van der Waals surface area contributed by atoms with Gasteiger partial charge in [-0.1, -0.05) is 31.0 Å². The minimum atomic E-state index is -0.254. The van der Waals surface area contributed by atoms with Crippen LogP contribution in [0.15, 0.2) is 30.5 Å². The number of rotatable bonds is 6. The van der Waals surface area contributed by atoms with E-state index < -0.39 is 0 Å². The highest BCUT2D eigenvalue weighted by Gasteiger charge is 2.31. The number of esters is 1. The first-order valence-electron chi connectivity index (χ1n) is 9.83. The number of piperidine rings is 1. The molecule has 7 heteroatoms. The Labute approximate surface area is 170 Å². The van der Waals surface area contributed by atoms with Gasteiger partial charge in [0.25, 0.3) is 5.91 Å². The molecule has 150 valence electrons. The number of halogens is 1. The molecule has 0 saturated carbocycles. The van der Waals surface area contributed by atoms with Crippen molar-refractivity contribution in [2.24, 2.45) is 5.92 Å². The van der Waals surface area contributed by atoms with Crippen LogP contribution in [0.25, 0.3) is 5.69 Å². The molecule has 0 radical (unpaired) electrons. The van der Waals surface area contributed by atoms with Gasteiger partial charge in [0.05, 0.1) is 35.7 Å². The molecular formula is C21H26ClN3O3. The van der Waals surface area contributed by atoms with Crippen LogP contribution >= 0.6 is 11.6 Å². The maximum Gasteiger partial charge on any atom is 0.310 e. The second kappa shape index (κ2) is 9.24. The summed E-state index contributed by atoms with van der Waals surface area (Å²) in [6, 6.07) is 7.43. The van der Waals surface area contributed by atoms with Gasteiger partial charge >= 0.3 is 5.97 Å². The summed E-state index contributed by atoms with van der Waals surface area (Å²) in [5, 5.41) is 5.09. The SMILES string of the molecule is CCCc1c(C(=O)N2CCC[C@H](C(=O)OCC)C2)cnn1-c1cccc(Cl)c1. The number of aromatic nitrogens is 2. The summed E-state index contributed by atoms with van der Waals surface area (Å²) in [6.07, 6.45) is 4.79. The standard InChI is InChI=1S/C21H26ClN3O3/c1-3-7-19-18(13-23-25(19)17-10-5-9-16(22)12-17)20(26)24-11-6-8-15(14-24)21(27)28-4-2/h5,9-10,12-13,15H,3-4,6-8,11,14H2,1-2H3/t15-/m0/s1. The third-order valence-electron chi connectivity index (χ3n) is 4.97. The molecule has 1 atom stereocenters. The topological polar surface area (TPSA) is 64.4 Å². The molecule has 0 bridgehead atoms. The average molecular weight is 404 g/mol. The number of carbonyl (C=O) groups excluding carboxylic acids is 2. The quantitative estimate of drug-likeness (QED) is 0.686. The van der Waals surface area contributed by atoms with Gasteiger partial charge in [-0.3, -0.25) is 9.59 Å². The van der Waals surface area contributed by atoms with Crippen LogP contribution in [-0.2, 0) is 16.0 Å². The summed E-state index contributed by atoms with van der Waals surface area (Å²) >= 11 is 6.13. The van der Waals surface area contributed by atoms with Gasteiger partial charge < -0.3 is 9.64 Å². The minimum absolute atomic E-state index is 0.0780. The molecule has 28 heavy (non-hydrogen) atoms. The first-order chi connectivity index (χ1) is 13.5. The van der Waals surface area contributed by atoms with Gasteiger partial charge in [0.2, 0.25) is 0 Å². The van der Waals surface area contributed by atoms with E-state index in [9.17, 15) is 9.59 Å². The van der Waals surface area contributed by atoms with Gasteiger partial charge in [0.1, 0.15) is 0 Å². The zero-order chi connectivity index (χ0) is 20.1. The largest absolute Gasteiger partial charge is 0.466 e. The van der Waals surface area contributed by atoms with Crippen molar-refractivity contribution in [3.05, 3.63) is 46.7 Å². The van der Waals surface area contributed by atoms with Gasteiger partial charge in [-0.15, -0.1) is 0 Å². The molecule has 1 amide bonds. The number of hydrogen-bond donors (Lipinski definition) is 0. The fourth-order valence-corrected chi connectivity index (χ4v) is 3.83. The number of ether oxygens (including phenoxy) is 1. The van der Waals surface area contributed by atoms with E-state index in [4.69, 9.17) is 16.3 Å². The summed E-state index contributed by atoms with van der Waals surface area (Å²) in [5.41, 5.74) is 2.29. The Bertz CT molecular complexity index is 849. The zero-order valence-corrected chi connectivity index (χ0v) is 17.1. The molecule has 1 fully saturated rings. The maximum atomic E-state index is 13.2. The predicted octanol–water partition coefficient (Wildman–Crippen LogP) is 3.89. The van der Waals surface area contributed by atoms with Crippen molar-refractivity contribution in [2.75, 3.05) is 19.7 Å². The molecule has 6 nitrogen and oxygen atoms in total. The Morgan fingerprint density at radius 3 is 2.86 bits per heavy atom. The van der Waals surface area contributed by atoms with Crippen LogP contribution in [0.3, 0.4) is 0 Å². The van der Waals surface area contributed by atoms with E-state index in [-0.39, 0.29) is 17.8 Å². The van der Waals surface area contributed by atoms with E-state index in [2.05, 4.69) is 12.0 Å². The highest BCUT2D eigenvalue weighted by molar-refractivity contribution is 6.30. The number of likely N-dealkylation sites (tertiary alicyclic amines) is 1. The van der Waals surface area contributed by atoms with Crippen LogP contribution in [0, 0.1) is 5.92 Å². The van der Waals surface area contributed by atoms with Crippen LogP contribution in [0.2, 0.25) is 5.02 Å². The predicted molar refractivity (Wildman–Crippen MR) is 108 cm³/mol. The summed E-state index contributed by atoms with van der Waals surface area (Å²) in [5.74, 6) is -0.551. The molecule has 0 unspecified atom stereocenters. The van der Waals surface area contributed by atoms with Crippen LogP contribution < -0.4 is 0 Å². The third kappa shape index (κ3) is 4.38. The number of amides is 1. The monoisotopic (exact) mass is 403 g/mol. The Morgan fingerprint density at radius 1 is 1.32 bits per heavy atom. The van der Waals surface area contributed by atoms with E-state index in [0.717, 1.165) is 37.1 Å². The smallest absolute Gasteiger partial charge is 0.310 e. The number of hydrogen-bond acceptors (Lipinski definition) is 4. The van der Waals surface area contributed by atoms with Crippen LogP contribution in [0.5, 0.6) is 0 Å². The van der Waals surface area contributed by atoms with Gasteiger partial charge in [0, 0.05) is 18.1 Å². The lowest BCUT2D eigenvalue weighted by Gasteiger charge is -2.31. The Balaban J connectivity index is 1.86. The maximum absolute atomic E-state index is 13.2. The number of carbonyl (C=O) groups is 2. The molecule has 0 aliphatic carbocycles. The molecular weight excluding hydrogens is 378 g/mol. The van der Waals surface area contributed by atoms with Crippen molar-refractivity contribution in [1.82, 2.24) is 14.7 Å². The molecule has 1 aromatic heterocycles. The molecule has 0 spiro atoms. The molecule has 3 rings (SSSR count). The van der Waals surface area contributed by atoms with Gasteiger partial charge in [-0.2, -0.15) is 5.10 Å². The number of benzene rings is 1. The molecule has 1 aliphatic heterocycles. The number of nitrogens with zero attached hydrogens (tertiary/aromatic N) is 3. The lowest BCUT2D eigenvalue weighted by molar-refractivity contribution is -0.149.